The summed E-state index contributed by atoms with van der Waals surface area (Å²) in [5.41, 5.74) is 12.2. The smallest absolute Gasteiger partial charge is 0.248 e. The Morgan fingerprint density at radius 1 is 1.23 bits per heavy atom. The van der Waals surface area contributed by atoms with Gasteiger partial charge in [-0.3, -0.25) is 4.79 Å². The fraction of sp³-hybridized carbons (Fsp3) is 0.300. The van der Waals surface area contributed by atoms with Crippen LogP contribution in [-0.4, -0.2) is 12.5 Å². The van der Waals surface area contributed by atoms with Crippen LogP contribution in [0.2, 0.25) is 0 Å². The topological polar surface area (TPSA) is 69.1 Å². The summed E-state index contributed by atoms with van der Waals surface area (Å²) < 4.78 is 0. The van der Waals surface area contributed by atoms with Crippen molar-refractivity contribution in [2.24, 2.45) is 11.5 Å². The largest absolute Gasteiger partial charge is 0.366 e. The van der Waals surface area contributed by atoms with E-state index in [1.54, 1.807) is 12.1 Å². The van der Waals surface area contributed by atoms with Gasteiger partial charge in [0.1, 0.15) is 0 Å². The van der Waals surface area contributed by atoms with E-state index in [-0.39, 0.29) is 5.91 Å². The van der Waals surface area contributed by atoms with E-state index in [1.807, 2.05) is 12.1 Å². The van der Waals surface area contributed by atoms with E-state index >= 15 is 0 Å². The van der Waals surface area contributed by atoms with E-state index < -0.39 is 0 Å². The molecule has 0 aromatic heterocycles. The van der Waals surface area contributed by atoms with Gasteiger partial charge in [-0.25, -0.2) is 0 Å². The second-order valence-corrected chi connectivity index (χ2v) is 2.95. The van der Waals surface area contributed by atoms with Crippen molar-refractivity contribution in [3.05, 3.63) is 35.4 Å². The third-order valence-electron chi connectivity index (χ3n) is 1.91. The highest BCUT2D eigenvalue weighted by atomic mass is 16.1. The van der Waals surface area contributed by atoms with Gasteiger partial charge in [0.05, 0.1) is 0 Å². The summed E-state index contributed by atoms with van der Waals surface area (Å²) in [7, 11) is 0. The van der Waals surface area contributed by atoms with Crippen LogP contribution in [0, 0.1) is 0 Å². The number of amides is 1. The Balaban J connectivity index is 2.64. The number of nitrogens with two attached hydrogens (primary N) is 2. The van der Waals surface area contributed by atoms with Crippen LogP contribution in [0.3, 0.4) is 0 Å². The lowest BCUT2D eigenvalue weighted by molar-refractivity contribution is 0.100. The third kappa shape index (κ3) is 2.87. The van der Waals surface area contributed by atoms with Gasteiger partial charge in [0, 0.05) is 5.56 Å². The summed E-state index contributed by atoms with van der Waals surface area (Å²) >= 11 is 0. The first kappa shape index (κ1) is 9.74. The van der Waals surface area contributed by atoms with Gasteiger partial charge in [0.25, 0.3) is 0 Å². The molecule has 0 aliphatic heterocycles. The van der Waals surface area contributed by atoms with Gasteiger partial charge in [-0.1, -0.05) is 12.1 Å². The van der Waals surface area contributed by atoms with E-state index in [0.29, 0.717) is 12.1 Å². The highest BCUT2D eigenvalue weighted by Gasteiger charge is 1.98. The van der Waals surface area contributed by atoms with Gasteiger partial charge in [-0.05, 0) is 37.1 Å². The molecule has 3 nitrogen and oxygen atoms in total. The quantitative estimate of drug-likeness (QED) is 0.711. The van der Waals surface area contributed by atoms with Crippen molar-refractivity contribution in [3.63, 3.8) is 0 Å². The van der Waals surface area contributed by atoms with Crippen molar-refractivity contribution in [3.8, 4) is 0 Å². The van der Waals surface area contributed by atoms with E-state index in [2.05, 4.69) is 0 Å². The minimum atomic E-state index is -0.384. The first-order valence-electron chi connectivity index (χ1n) is 4.33. The summed E-state index contributed by atoms with van der Waals surface area (Å²) in [6.07, 6.45) is 1.92. The Morgan fingerprint density at radius 3 is 2.31 bits per heavy atom. The number of benzene rings is 1. The molecule has 1 rings (SSSR count). The van der Waals surface area contributed by atoms with Crippen LogP contribution in [0.5, 0.6) is 0 Å². The van der Waals surface area contributed by atoms with E-state index in [9.17, 15) is 4.79 Å². The van der Waals surface area contributed by atoms with Crippen LogP contribution < -0.4 is 11.5 Å². The highest BCUT2D eigenvalue weighted by molar-refractivity contribution is 5.92. The standard InChI is InChI=1S/C10H14N2O/c11-7-1-2-8-3-5-9(6-4-8)10(12)13/h3-6H,1-2,7,11H2,(H2,12,13). The average Bonchev–Trinajstić information content (AvgIpc) is 2.15. The average molecular weight is 178 g/mol. The zero-order valence-corrected chi connectivity index (χ0v) is 7.49. The van der Waals surface area contributed by atoms with Crippen LogP contribution in [0.15, 0.2) is 24.3 Å². The van der Waals surface area contributed by atoms with Gasteiger partial charge in [0.15, 0.2) is 0 Å². The molecule has 0 radical (unpaired) electrons. The van der Waals surface area contributed by atoms with Gasteiger partial charge in [-0.2, -0.15) is 0 Å². The fourth-order valence-electron chi connectivity index (χ4n) is 1.14. The van der Waals surface area contributed by atoms with Crippen molar-refractivity contribution in [2.75, 3.05) is 6.54 Å². The van der Waals surface area contributed by atoms with E-state index in [1.165, 1.54) is 5.56 Å². The van der Waals surface area contributed by atoms with Gasteiger partial charge >= 0.3 is 0 Å². The van der Waals surface area contributed by atoms with Gasteiger partial charge < -0.3 is 11.5 Å². The molecular formula is C10H14N2O. The summed E-state index contributed by atoms with van der Waals surface area (Å²) in [6.45, 7) is 0.692. The molecule has 13 heavy (non-hydrogen) atoms. The zero-order valence-electron chi connectivity index (χ0n) is 7.49. The summed E-state index contributed by atoms with van der Waals surface area (Å²) in [4.78, 5) is 10.7. The molecule has 0 saturated carbocycles. The van der Waals surface area contributed by atoms with Crippen molar-refractivity contribution < 1.29 is 4.79 Å². The molecule has 1 aromatic carbocycles. The molecule has 0 spiro atoms. The number of carbonyl (C=O) groups is 1. The molecule has 1 aromatic rings. The van der Waals surface area contributed by atoms with Crippen molar-refractivity contribution in [1.82, 2.24) is 0 Å². The minimum absolute atomic E-state index is 0.384. The highest BCUT2D eigenvalue weighted by Crippen LogP contribution is 2.05. The monoisotopic (exact) mass is 178 g/mol. The predicted molar refractivity (Wildman–Crippen MR) is 52.3 cm³/mol. The summed E-state index contributed by atoms with van der Waals surface area (Å²) in [6, 6.07) is 7.31. The molecule has 0 saturated heterocycles. The Morgan fingerprint density at radius 2 is 1.85 bits per heavy atom. The Labute approximate surface area is 77.7 Å². The van der Waals surface area contributed by atoms with Crippen LogP contribution in [0.4, 0.5) is 0 Å². The number of hydrogen-bond acceptors (Lipinski definition) is 2. The number of rotatable bonds is 4. The fourth-order valence-corrected chi connectivity index (χ4v) is 1.14. The Bertz CT molecular complexity index is 279. The number of hydrogen-bond donors (Lipinski definition) is 2. The SMILES string of the molecule is NCCCc1ccc(C(N)=O)cc1. The molecule has 0 bridgehead atoms. The second kappa shape index (κ2) is 4.62. The first-order valence-corrected chi connectivity index (χ1v) is 4.33. The van der Waals surface area contributed by atoms with Gasteiger partial charge in [-0.15, -0.1) is 0 Å². The summed E-state index contributed by atoms with van der Waals surface area (Å²) in [5, 5.41) is 0. The first-order chi connectivity index (χ1) is 6.24. The summed E-state index contributed by atoms with van der Waals surface area (Å²) in [5.74, 6) is -0.384. The third-order valence-corrected chi connectivity index (χ3v) is 1.91. The molecule has 0 unspecified atom stereocenters. The lowest BCUT2D eigenvalue weighted by atomic mass is 10.1. The maximum Gasteiger partial charge on any atom is 0.248 e. The zero-order chi connectivity index (χ0) is 9.68. The molecular weight excluding hydrogens is 164 g/mol. The molecule has 0 aliphatic carbocycles. The number of aryl methyl sites for hydroxylation is 1. The molecule has 0 aliphatic rings. The number of carbonyl (C=O) groups excluding carboxylic acids is 1. The lowest BCUT2D eigenvalue weighted by Gasteiger charge is -2.00. The molecule has 0 heterocycles. The normalized spacial score (nSPS) is 9.92. The van der Waals surface area contributed by atoms with Gasteiger partial charge in [0.2, 0.25) is 5.91 Å². The van der Waals surface area contributed by atoms with E-state index in [4.69, 9.17) is 11.5 Å². The minimum Gasteiger partial charge on any atom is -0.366 e. The Kier molecular flexibility index (Phi) is 3.46. The van der Waals surface area contributed by atoms with Crippen molar-refractivity contribution in [1.29, 1.82) is 0 Å². The second-order valence-electron chi connectivity index (χ2n) is 2.95. The molecule has 4 N–H and O–H groups in total. The van der Waals surface area contributed by atoms with E-state index in [0.717, 1.165) is 12.8 Å². The molecule has 0 atom stereocenters. The predicted octanol–water partition coefficient (Wildman–Crippen LogP) is 0.677. The van der Waals surface area contributed by atoms with Crippen LogP contribution in [-0.2, 0) is 6.42 Å². The maximum absolute atomic E-state index is 10.7. The molecule has 3 heteroatoms. The molecule has 0 fully saturated rings. The van der Waals surface area contributed by atoms with Crippen LogP contribution >= 0.6 is 0 Å². The van der Waals surface area contributed by atoms with Crippen LogP contribution in [0.25, 0.3) is 0 Å². The maximum atomic E-state index is 10.7. The molecule has 70 valence electrons. The lowest BCUT2D eigenvalue weighted by Crippen LogP contribution is -2.10. The van der Waals surface area contributed by atoms with Crippen LogP contribution in [0.1, 0.15) is 22.3 Å². The van der Waals surface area contributed by atoms with Crippen molar-refractivity contribution in [2.45, 2.75) is 12.8 Å². The molecule has 1 amide bonds. The number of primary amides is 1. The Hall–Kier alpha value is -1.35. The van der Waals surface area contributed by atoms with Crippen molar-refractivity contribution >= 4 is 5.91 Å².